The van der Waals surface area contributed by atoms with Gasteiger partial charge >= 0.3 is 0 Å². The maximum atomic E-state index is 15.3. The van der Waals surface area contributed by atoms with Crippen molar-refractivity contribution in [2.45, 2.75) is 69.8 Å². The summed E-state index contributed by atoms with van der Waals surface area (Å²) in [5.41, 5.74) is 2.61. The molecule has 0 unspecified atom stereocenters. The number of alkyl halides is 3. The van der Waals surface area contributed by atoms with E-state index in [2.05, 4.69) is 16.0 Å². The van der Waals surface area contributed by atoms with Gasteiger partial charge in [-0.05, 0) is 57.0 Å². The first kappa shape index (κ1) is 29.7. The molecular formula is C32H35F4N7O2. The van der Waals surface area contributed by atoms with Crippen molar-refractivity contribution >= 4 is 33.9 Å². The minimum atomic E-state index is -2.98. The molecule has 238 valence electrons. The molecule has 0 spiro atoms. The number of aromatic nitrogens is 4. The molecule has 5 heterocycles. The highest BCUT2D eigenvalue weighted by atomic mass is 19.3. The highest BCUT2D eigenvalue weighted by Gasteiger charge is 2.71. The molecule has 1 aromatic carbocycles. The van der Waals surface area contributed by atoms with Gasteiger partial charge in [-0.1, -0.05) is 12.8 Å². The van der Waals surface area contributed by atoms with Gasteiger partial charge in [0.25, 0.3) is 11.8 Å². The van der Waals surface area contributed by atoms with E-state index < -0.39 is 53.6 Å². The fraction of sp³-hybridized carbons (Fsp3) is 0.500. The number of amides is 2. The van der Waals surface area contributed by atoms with Crippen LogP contribution in [0.15, 0.2) is 30.3 Å². The lowest BCUT2D eigenvalue weighted by Crippen LogP contribution is -2.52. The van der Waals surface area contributed by atoms with Crippen molar-refractivity contribution < 1.29 is 27.2 Å². The fourth-order valence-electron chi connectivity index (χ4n) is 6.92. The summed E-state index contributed by atoms with van der Waals surface area (Å²) in [6.45, 7) is 3.07. The lowest BCUT2D eigenvalue weighted by Gasteiger charge is -2.27. The second-order valence-corrected chi connectivity index (χ2v) is 12.6. The second kappa shape index (κ2) is 11.1. The van der Waals surface area contributed by atoms with E-state index in [0.717, 1.165) is 11.1 Å². The zero-order valence-electron chi connectivity index (χ0n) is 25.0. The van der Waals surface area contributed by atoms with E-state index in [1.54, 1.807) is 24.6 Å². The smallest absolute Gasteiger partial charge is 0.263 e. The van der Waals surface area contributed by atoms with Crippen LogP contribution in [0.2, 0.25) is 0 Å². The minimum Gasteiger partial charge on any atom is -0.348 e. The summed E-state index contributed by atoms with van der Waals surface area (Å²) in [6.07, 6.45) is 1.30. The number of nitrogens with one attached hydrogen (secondary N) is 3. The lowest BCUT2D eigenvalue weighted by molar-refractivity contribution is -0.125. The number of carbonyl (C=O) groups excluding carboxylic acids is 2. The molecule has 1 saturated carbocycles. The third kappa shape index (κ3) is 5.14. The van der Waals surface area contributed by atoms with Gasteiger partial charge in [-0.3, -0.25) is 9.59 Å². The Balaban J connectivity index is 1.24. The van der Waals surface area contributed by atoms with Crippen LogP contribution in [0.5, 0.6) is 0 Å². The van der Waals surface area contributed by atoms with Crippen LogP contribution in [0.1, 0.15) is 61.1 Å². The number of piperidine rings is 1. The third-order valence-electron chi connectivity index (χ3n) is 9.61. The molecule has 3 aliphatic rings. The van der Waals surface area contributed by atoms with Gasteiger partial charge in [-0.2, -0.15) is 0 Å². The van der Waals surface area contributed by atoms with Gasteiger partial charge in [0, 0.05) is 37.5 Å². The van der Waals surface area contributed by atoms with Crippen LogP contribution < -0.4 is 16.0 Å². The van der Waals surface area contributed by atoms with Crippen molar-refractivity contribution in [3.05, 3.63) is 47.4 Å². The Labute approximate surface area is 256 Å². The molecule has 3 aromatic heterocycles. The number of halogens is 4. The SMILES string of the molecule is C[C@H]1NC(=O)[C@H]2[C@H](CCCCCn3c(-c4nc5cc(C(=O)N[C@H]6CNCC[C@@H]6F)c(F)cc5n4C)cc4ccc1nc43)C2(F)F. The summed E-state index contributed by atoms with van der Waals surface area (Å²) in [5.74, 6) is -6.76. The third-order valence-corrected chi connectivity index (χ3v) is 9.61. The molecule has 0 radical (unpaired) electrons. The molecule has 2 amide bonds. The van der Waals surface area contributed by atoms with Crippen molar-refractivity contribution in [3.8, 4) is 11.5 Å². The van der Waals surface area contributed by atoms with Crippen LogP contribution in [0.25, 0.3) is 33.6 Å². The van der Waals surface area contributed by atoms with Gasteiger partial charge < -0.3 is 25.1 Å². The number of imidazole rings is 1. The second-order valence-electron chi connectivity index (χ2n) is 12.6. The van der Waals surface area contributed by atoms with Gasteiger partial charge in [0.2, 0.25) is 5.91 Å². The molecule has 2 fully saturated rings. The molecule has 3 N–H and O–H groups in total. The molecule has 45 heavy (non-hydrogen) atoms. The Hall–Kier alpha value is -4.00. The molecule has 9 nitrogen and oxygen atoms in total. The predicted molar refractivity (Wildman–Crippen MR) is 160 cm³/mol. The zero-order valence-corrected chi connectivity index (χ0v) is 25.0. The summed E-state index contributed by atoms with van der Waals surface area (Å²) in [7, 11) is 1.77. The molecule has 5 atom stereocenters. The summed E-state index contributed by atoms with van der Waals surface area (Å²) < 4.78 is 62.2. The number of carbonyl (C=O) groups is 2. The van der Waals surface area contributed by atoms with Crippen molar-refractivity contribution in [2.24, 2.45) is 18.9 Å². The Bertz CT molecular complexity index is 1820. The maximum absolute atomic E-state index is 15.3. The number of fused-ring (bicyclic) bond motifs is 3. The van der Waals surface area contributed by atoms with Crippen LogP contribution in [-0.2, 0) is 18.4 Å². The first-order chi connectivity index (χ1) is 21.5. The van der Waals surface area contributed by atoms with E-state index in [1.165, 1.54) is 12.1 Å². The minimum absolute atomic E-state index is 0.210. The average molecular weight is 626 g/mol. The molecule has 4 aromatic rings. The summed E-state index contributed by atoms with van der Waals surface area (Å²) in [5, 5.41) is 9.22. The van der Waals surface area contributed by atoms with E-state index in [-0.39, 0.29) is 24.9 Å². The normalized spacial score (nSPS) is 26.8. The van der Waals surface area contributed by atoms with Crippen molar-refractivity contribution in [1.82, 2.24) is 35.1 Å². The molecule has 7 rings (SSSR count). The van der Waals surface area contributed by atoms with Crippen LogP contribution in [0.4, 0.5) is 17.6 Å². The molecular weight excluding hydrogens is 590 g/mol. The Morgan fingerprint density at radius 1 is 1.11 bits per heavy atom. The van der Waals surface area contributed by atoms with E-state index in [0.29, 0.717) is 60.6 Å². The Morgan fingerprint density at radius 2 is 1.93 bits per heavy atom. The zero-order chi connectivity index (χ0) is 31.6. The summed E-state index contributed by atoms with van der Waals surface area (Å²) in [6, 6.07) is 6.93. The number of hydrogen-bond donors (Lipinski definition) is 3. The van der Waals surface area contributed by atoms with Gasteiger partial charge in [0.05, 0.1) is 40.1 Å². The standard InChI is InChI=1S/C32H35F4N7O2/c1-16-22-8-7-17-12-26(43(28(17)39-22)11-5-3-4-6-19-27(31(45)38-16)32(19,35)36)29-40-23-13-18(21(34)14-25(23)42(29)2)30(44)41-24-15-37-10-9-20(24)33/h7-8,12-14,16,19-20,24,27,37H,3-6,9-11,15H2,1-2H3,(H,38,45)(H,41,44)/t16-,19+,20+,24+,27-/m1/s1. The topological polar surface area (TPSA) is 106 Å². The first-order valence-corrected chi connectivity index (χ1v) is 15.5. The Morgan fingerprint density at radius 3 is 2.73 bits per heavy atom. The van der Waals surface area contributed by atoms with Gasteiger partial charge in [-0.15, -0.1) is 0 Å². The fourth-order valence-corrected chi connectivity index (χ4v) is 6.92. The van der Waals surface area contributed by atoms with E-state index >= 15 is 4.39 Å². The number of pyridine rings is 1. The number of hydrogen-bond acceptors (Lipinski definition) is 5. The first-order valence-electron chi connectivity index (χ1n) is 15.5. The molecule has 13 heteroatoms. The molecule has 2 bridgehead atoms. The maximum Gasteiger partial charge on any atom is 0.263 e. The number of aryl methyl sites for hydroxylation is 2. The highest BCUT2D eigenvalue weighted by Crippen LogP contribution is 2.58. The monoisotopic (exact) mass is 625 g/mol. The van der Waals surface area contributed by atoms with Crippen molar-refractivity contribution in [3.63, 3.8) is 0 Å². The van der Waals surface area contributed by atoms with Crippen molar-refractivity contribution in [2.75, 3.05) is 13.1 Å². The Kier molecular flexibility index (Phi) is 7.33. The van der Waals surface area contributed by atoms with Crippen LogP contribution in [0.3, 0.4) is 0 Å². The highest BCUT2D eigenvalue weighted by molar-refractivity contribution is 5.98. The average Bonchev–Trinajstić information content (AvgIpc) is 3.22. The molecule has 1 saturated heterocycles. The predicted octanol–water partition coefficient (Wildman–Crippen LogP) is 4.79. The van der Waals surface area contributed by atoms with Gasteiger partial charge in [-0.25, -0.2) is 27.5 Å². The van der Waals surface area contributed by atoms with Gasteiger partial charge in [0.15, 0.2) is 5.82 Å². The summed E-state index contributed by atoms with van der Waals surface area (Å²) in [4.78, 5) is 35.4. The molecule has 2 aliphatic heterocycles. The van der Waals surface area contributed by atoms with E-state index in [9.17, 15) is 22.8 Å². The lowest BCUT2D eigenvalue weighted by atomic mass is 10.0. The quantitative estimate of drug-likeness (QED) is 0.284. The van der Waals surface area contributed by atoms with E-state index in [1.807, 2.05) is 16.7 Å². The number of rotatable bonds is 3. The number of nitrogens with zero attached hydrogens (tertiary/aromatic N) is 4. The molecule has 1 aliphatic carbocycles. The van der Waals surface area contributed by atoms with Crippen LogP contribution in [0, 0.1) is 17.7 Å². The van der Waals surface area contributed by atoms with E-state index in [4.69, 9.17) is 9.97 Å². The number of benzene rings is 1. The summed E-state index contributed by atoms with van der Waals surface area (Å²) >= 11 is 0. The largest absolute Gasteiger partial charge is 0.348 e. The van der Waals surface area contributed by atoms with Crippen molar-refractivity contribution in [1.29, 1.82) is 0 Å². The van der Waals surface area contributed by atoms with Gasteiger partial charge in [0.1, 0.15) is 23.6 Å². The van der Waals surface area contributed by atoms with Crippen LogP contribution >= 0.6 is 0 Å². The van der Waals surface area contributed by atoms with Crippen LogP contribution in [-0.4, -0.2) is 62.1 Å².